The van der Waals surface area contributed by atoms with Crippen LogP contribution in [0.2, 0.25) is 0 Å². The van der Waals surface area contributed by atoms with Gasteiger partial charge in [0.25, 0.3) is 0 Å². The summed E-state index contributed by atoms with van der Waals surface area (Å²) in [6.45, 7) is 5.66. The smallest absolute Gasteiger partial charge is 0.0949 e. The van der Waals surface area contributed by atoms with Gasteiger partial charge in [0.05, 0.1) is 6.33 Å². The summed E-state index contributed by atoms with van der Waals surface area (Å²) in [7, 11) is 4.47. The lowest BCUT2D eigenvalue weighted by atomic mass is 9.85. The fourth-order valence-corrected chi connectivity index (χ4v) is 4.08. The molecule has 2 aliphatic rings. The molecular weight excluding hydrogens is 248 g/mol. The van der Waals surface area contributed by atoms with Gasteiger partial charge in [-0.25, -0.2) is 4.98 Å². The van der Waals surface area contributed by atoms with Crippen molar-refractivity contribution in [2.45, 2.75) is 56.5 Å². The van der Waals surface area contributed by atoms with Gasteiger partial charge in [0.1, 0.15) is 0 Å². The van der Waals surface area contributed by atoms with Crippen LogP contribution in [-0.2, 0) is 12.0 Å². The molecular formula is C16H28N4. The minimum Gasteiger partial charge on any atom is -0.332 e. The zero-order chi connectivity index (χ0) is 14.2. The summed E-state index contributed by atoms with van der Waals surface area (Å²) in [6.07, 6.45) is 10.7. The SMILES string of the molecule is CN(C)C1(Cn2cncc2C2(C)CCNC2)CCCC1. The van der Waals surface area contributed by atoms with Crippen LogP contribution < -0.4 is 5.32 Å². The first kappa shape index (κ1) is 14.1. The average molecular weight is 276 g/mol. The van der Waals surface area contributed by atoms with E-state index in [-0.39, 0.29) is 5.41 Å². The van der Waals surface area contributed by atoms with Gasteiger partial charge in [-0.2, -0.15) is 0 Å². The second kappa shape index (κ2) is 5.15. The molecule has 2 heterocycles. The van der Waals surface area contributed by atoms with Gasteiger partial charge in [0, 0.05) is 35.9 Å². The summed E-state index contributed by atoms with van der Waals surface area (Å²) in [5.41, 5.74) is 2.00. The highest BCUT2D eigenvalue weighted by Gasteiger charge is 2.39. The topological polar surface area (TPSA) is 33.1 Å². The molecule has 1 saturated carbocycles. The number of rotatable bonds is 4. The molecule has 112 valence electrons. The summed E-state index contributed by atoms with van der Waals surface area (Å²) >= 11 is 0. The molecule has 0 amide bonds. The highest BCUT2D eigenvalue weighted by atomic mass is 15.2. The zero-order valence-corrected chi connectivity index (χ0v) is 13.2. The van der Waals surface area contributed by atoms with E-state index in [1.807, 2.05) is 6.33 Å². The molecule has 1 N–H and O–H groups in total. The number of hydrogen-bond donors (Lipinski definition) is 1. The van der Waals surface area contributed by atoms with E-state index in [2.05, 4.69) is 47.0 Å². The second-order valence-electron chi connectivity index (χ2n) is 7.22. The average Bonchev–Trinajstić information content (AvgIpc) is 3.10. The van der Waals surface area contributed by atoms with Crippen molar-refractivity contribution in [3.05, 3.63) is 18.2 Å². The fourth-order valence-electron chi connectivity index (χ4n) is 4.08. The molecule has 4 nitrogen and oxygen atoms in total. The summed E-state index contributed by atoms with van der Waals surface area (Å²) in [4.78, 5) is 6.90. The highest BCUT2D eigenvalue weighted by molar-refractivity contribution is 5.18. The predicted molar refractivity (Wildman–Crippen MR) is 82.0 cm³/mol. The third-order valence-corrected chi connectivity index (χ3v) is 5.65. The molecule has 1 unspecified atom stereocenters. The lowest BCUT2D eigenvalue weighted by molar-refractivity contribution is 0.131. The Kier molecular flexibility index (Phi) is 3.63. The second-order valence-corrected chi connectivity index (χ2v) is 7.22. The Balaban J connectivity index is 1.86. The van der Waals surface area contributed by atoms with E-state index < -0.39 is 0 Å². The molecule has 1 saturated heterocycles. The maximum atomic E-state index is 4.46. The minimum atomic E-state index is 0.253. The molecule has 0 bridgehead atoms. The summed E-state index contributed by atoms with van der Waals surface area (Å²) < 4.78 is 2.43. The number of imidazole rings is 1. The number of hydrogen-bond acceptors (Lipinski definition) is 3. The predicted octanol–water partition coefficient (Wildman–Crippen LogP) is 2.01. The normalized spacial score (nSPS) is 29.4. The van der Waals surface area contributed by atoms with Gasteiger partial charge >= 0.3 is 0 Å². The van der Waals surface area contributed by atoms with Crippen LogP contribution in [0, 0.1) is 0 Å². The Bertz CT molecular complexity index is 451. The molecule has 1 aromatic heterocycles. The van der Waals surface area contributed by atoms with Crippen molar-refractivity contribution in [2.24, 2.45) is 0 Å². The van der Waals surface area contributed by atoms with Crippen molar-refractivity contribution in [3.63, 3.8) is 0 Å². The van der Waals surface area contributed by atoms with Gasteiger partial charge in [0.15, 0.2) is 0 Å². The standard InChI is InChI=1S/C16H28N4/c1-15(8-9-17-11-15)14-10-18-13-20(14)12-16(19(2)3)6-4-5-7-16/h10,13,17H,4-9,11-12H2,1-3H3. The van der Waals surface area contributed by atoms with Crippen LogP contribution in [0.25, 0.3) is 0 Å². The third kappa shape index (κ3) is 2.29. The monoisotopic (exact) mass is 276 g/mol. The third-order valence-electron chi connectivity index (χ3n) is 5.65. The molecule has 20 heavy (non-hydrogen) atoms. The zero-order valence-electron chi connectivity index (χ0n) is 13.2. The summed E-state index contributed by atoms with van der Waals surface area (Å²) in [5, 5.41) is 3.50. The van der Waals surface area contributed by atoms with Crippen LogP contribution in [-0.4, -0.2) is 47.2 Å². The van der Waals surface area contributed by atoms with Crippen molar-refractivity contribution in [3.8, 4) is 0 Å². The molecule has 2 fully saturated rings. The fraction of sp³-hybridized carbons (Fsp3) is 0.812. The summed E-state index contributed by atoms with van der Waals surface area (Å²) in [6, 6.07) is 0. The van der Waals surface area contributed by atoms with E-state index in [1.165, 1.54) is 37.8 Å². The van der Waals surface area contributed by atoms with E-state index in [1.54, 1.807) is 0 Å². The van der Waals surface area contributed by atoms with Crippen LogP contribution in [0.3, 0.4) is 0 Å². The van der Waals surface area contributed by atoms with Crippen molar-refractivity contribution in [1.29, 1.82) is 0 Å². The first-order valence-corrected chi connectivity index (χ1v) is 7.95. The largest absolute Gasteiger partial charge is 0.332 e. The molecule has 0 radical (unpaired) electrons. The maximum Gasteiger partial charge on any atom is 0.0949 e. The summed E-state index contributed by atoms with van der Waals surface area (Å²) in [5.74, 6) is 0. The van der Waals surface area contributed by atoms with Crippen LogP contribution in [0.1, 0.15) is 44.7 Å². The quantitative estimate of drug-likeness (QED) is 0.913. The van der Waals surface area contributed by atoms with Gasteiger partial charge in [-0.1, -0.05) is 19.8 Å². The van der Waals surface area contributed by atoms with Gasteiger partial charge in [-0.15, -0.1) is 0 Å². The van der Waals surface area contributed by atoms with E-state index in [9.17, 15) is 0 Å². The van der Waals surface area contributed by atoms with Gasteiger partial charge < -0.3 is 14.8 Å². The molecule has 1 aromatic rings. The maximum absolute atomic E-state index is 4.46. The van der Waals surface area contributed by atoms with Crippen LogP contribution in [0.5, 0.6) is 0 Å². The van der Waals surface area contributed by atoms with Crippen molar-refractivity contribution in [1.82, 2.24) is 19.8 Å². The van der Waals surface area contributed by atoms with Crippen LogP contribution >= 0.6 is 0 Å². The molecule has 3 rings (SSSR count). The van der Waals surface area contributed by atoms with Crippen molar-refractivity contribution in [2.75, 3.05) is 27.2 Å². The number of nitrogens with one attached hydrogen (secondary N) is 1. The minimum absolute atomic E-state index is 0.253. The number of aromatic nitrogens is 2. The number of likely N-dealkylation sites (N-methyl/N-ethyl adjacent to an activating group) is 1. The Labute approximate surface area is 122 Å². The van der Waals surface area contributed by atoms with Gasteiger partial charge in [-0.05, 0) is 39.9 Å². The van der Waals surface area contributed by atoms with Crippen molar-refractivity contribution < 1.29 is 0 Å². The molecule has 0 spiro atoms. The Hall–Kier alpha value is -0.870. The first-order chi connectivity index (χ1) is 9.56. The molecule has 1 aliphatic carbocycles. The first-order valence-electron chi connectivity index (χ1n) is 7.95. The highest BCUT2D eigenvalue weighted by Crippen LogP contribution is 2.37. The van der Waals surface area contributed by atoms with E-state index in [0.29, 0.717) is 5.54 Å². The van der Waals surface area contributed by atoms with Gasteiger partial charge in [-0.3, -0.25) is 0 Å². The number of nitrogens with zero attached hydrogens (tertiary/aromatic N) is 3. The molecule has 1 aliphatic heterocycles. The van der Waals surface area contributed by atoms with Crippen molar-refractivity contribution >= 4 is 0 Å². The Morgan fingerprint density at radius 3 is 2.65 bits per heavy atom. The molecule has 1 atom stereocenters. The van der Waals surface area contributed by atoms with E-state index >= 15 is 0 Å². The van der Waals surface area contributed by atoms with E-state index in [4.69, 9.17) is 0 Å². The lowest BCUT2D eigenvalue weighted by Gasteiger charge is -2.38. The van der Waals surface area contributed by atoms with Crippen LogP contribution in [0.4, 0.5) is 0 Å². The van der Waals surface area contributed by atoms with E-state index in [0.717, 1.165) is 19.6 Å². The lowest BCUT2D eigenvalue weighted by Crippen LogP contribution is -2.46. The van der Waals surface area contributed by atoms with Crippen LogP contribution in [0.15, 0.2) is 12.5 Å². The molecule has 4 heteroatoms. The van der Waals surface area contributed by atoms with Gasteiger partial charge in [0.2, 0.25) is 0 Å². The Morgan fingerprint density at radius 2 is 2.05 bits per heavy atom. The molecule has 0 aromatic carbocycles. The Morgan fingerprint density at radius 1 is 1.30 bits per heavy atom.